The van der Waals surface area contributed by atoms with E-state index in [-0.39, 0.29) is 24.0 Å². The minimum atomic E-state index is -0.165. The highest BCUT2D eigenvalue weighted by molar-refractivity contribution is 5.92. The molecule has 6 heteroatoms. The number of hydrogen-bond acceptors (Lipinski definition) is 4. The molecule has 3 aromatic rings. The number of amides is 1. The molecule has 1 N–H and O–H groups in total. The zero-order chi connectivity index (χ0) is 21.6. The van der Waals surface area contributed by atoms with Crippen LogP contribution >= 0.6 is 0 Å². The van der Waals surface area contributed by atoms with Crippen molar-refractivity contribution in [3.63, 3.8) is 0 Å². The van der Waals surface area contributed by atoms with Gasteiger partial charge in [0.15, 0.2) is 0 Å². The Kier molecular flexibility index (Phi) is 6.67. The second kappa shape index (κ2) is 9.79. The minimum Gasteiger partial charge on any atom is -0.489 e. The summed E-state index contributed by atoms with van der Waals surface area (Å²) in [5.74, 6) is 0.462. The van der Waals surface area contributed by atoms with Crippen LogP contribution in [0.3, 0.4) is 0 Å². The molecule has 0 spiro atoms. The van der Waals surface area contributed by atoms with Gasteiger partial charge in [0.05, 0.1) is 17.3 Å². The van der Waals surface area contributed by atoms with Gasteiger partial charge in [0.1, 0.15) is 12.4 Å². The van der Waals surface area contributed by atoms with E-state index in [0.717, 1.165) is 42.3 Å². The number of aromatic nitrogens is 1. The van der Waals surface area contributed by atoms with Crippen molar-refractivity contribution in [2.45, 2.75) is 45.3 Å². The van der Waals surface area contributed by atoms with Gasteiger partial charge in [-0.2, -0.15) is 0 Å². The fourth-order valence-electron chi connectivity index (χ4n) is 3.98. The molecule has 1 aliphatic heterocycles. The summed E-state index contributed by atoms with van der Waals surface area (Å²) in [5.41, 5.74) is 2.32. The maximum atomic E-state index is 12.7. The Bertz CT molecular complexity index is 1120. The Morgan fingerprint density at radius 3 is 2.81 bits per heavy atom. The summed E-state index contributed by atoms with van der Waals surface area (Å²) in [6.45, 7) is 3.48. The van der Waals surface area contributed by atoms with Crippen LogP contribution in [0.5, 0.6) is 5.75 Å². The number of fused-ring (bicyclic) bond motifs is 1. The third kappa shape index (κ3) is 5.14. The van der Waals surface area contributed by atoms with Crippen LogP contribution in [-0.4, -0.2) is 29.8 Å². The largest absolute Gasteiger partial charge is 0.489 e. The molecule has 1 atom stereocenters. The molecule has 1 saturated heterocycles. The van der Waals surface area contributed by atoms with Crippen molar-refractivity contribution < 1.29 is 14.3 Å². The minimum absolute atomic E-state index is 0.0965. The number of para-hydroxylation sites is 3. The van der Waals surface area contributed by atoms with Gasteiger partial charge in [0.2, 0.25) is 5.91 Å². The molecule has 1 aromatic heterocycles. The molecule has 0 saturated carbocycles. The van der Waals surface area contributed by atoms with E-state index >= 15 is 0 Å². The molecule has 6 nitrogen and oxygen atoms in total. The van der Waals surface area contributed by atoms with Gasteiger partial charge in [-0.05, 0) is 49.9 Å². The van der Waals surface area contributed by atoms with Crippen molar-refractivity contribution in [2.75, 3.05) is 18.5 Å². The van der Waals surface area contributed by atoms with Crippen molar-refractivity contribution >= 4 is 22.5 Å². The maximum absolute atomic E-state index is 12.7. The molecule has 1 amide bonds. The Balaban J connectivity index is 1.41. The van der Waals surface area contributed by atoms with E-state index in [1.54, 1.807) is 10.6 Å². The van der Waals surface area contributed by atoms with Crippen LogP contribution in [0, 0.1) is 6.92 Å². The Morgan fingerprint density at radius 1 is 1.16 bits per heavy atom. The quantitative estimate of drug-likeness (QED) is 0.619. The molecule has 0 aliphatic carbocycles. The lowest BCUT2D eigenvalue weighted by molar-refractivity contribution is -0.116. The standard InChI is InChI=1S/C25H28N2O4/c1-18-16-25(29)27(22-11-4-2-9-20(18)22)14-13-24(28)26-21-10-3-5-12-23(21)31-17-19-8-6-7-15-30-19/h2-5,9-12,16,19H,6-8,13-15,17H2,1H3,(H,26,28). The number of nitrogens with one attached hydrogen (secondary N) is 1. The smallest absolute Gasteiger partial charge is 0.251 e. The molecule has 1 aliphatic rings. The number of rotatable bonds is 7. The van der Waals surface area contributed by atoms with Crippen LogP contribution in [0.15, 0.2) is 59.4 Å². The van der Waals surface area contributed by atoms with Crippen molar-refractivity contribution in [3.05, 3.63) is 70.5 Å². The number of pyridine rings is 1. The molecule has 31 heavy (non-hydrogen) atoms. The number of ether oxygens (including phenoxy) is 2. The third-order valence-corrected chi connectivity index (χ3v) is 5.65. The van der Waals surface area contributed by atoms with E-state index in [4.69, 9.17) is 9.47 Å². The van der Waals surface area contributed by atoms with E-state index < -0.39 is 0 Å². The van der Waals surface area contributed by atoms with Gasteiger partial charge in [-0.1, -0.05) is 30.3 Å². The highest BCUT2D eigenvalue weighted by Gasteiger charge is 2.16. The van der Waals surface area contributed by atoms with Crippen molar-refractivity contribution in [1.82, 2.24) is 4.57 Å². The Morgan fingerprint density at radius 2 is 1.97 bits per heavy atom. The van der Waals surface area contributed by atoms with E-state index in [0.29, 0.717) is 24.6 Å². The van der Waals surface area contributed by atoms with Gasteiger partial charge in [0.25, 0.3) is 5.56 Å². The number of carbonyl (C=O) groups excluding carboxylic acids is 1. The highest BCUT2D eigenvalue weighted by atomic mass is 16.5. The Hall–Kier alpha value is -3.12. The first kappa shape index (κ1) is 21.1. The van der Waals surface area contributed by atoms with E-state index in [2.05, 4.69) is 5.32 Å². The van der Waals surface area contributed by atoms with E-state index in [9.17, 15) is 9.59 Å². The van der Waals surface area contributed by atoms with Gasteiger partial charge in [-0.25, -0.2) is 0 Å². The molecule has 1 unspecified atom stereocenters. The maximum Gasteiger partial charge on any atom is 0.251 e. The molecule has 2 aromatic carbocycles. The molecule has 0 radical (unpaired) electrons. The second-order valence-corrected chi connectivity index (χ2v) is 7.93. The zero-order valence-electron chi connectivity index (χ0n) is 17.8. The predicted octanol–water partition coefficient (Wildman–Crippen LogP) is 4.29. The lowest BCUT2D eigenvalue weighted by Gasteiger charge is -2.23. The summed E-state index contributed by atoms with van der Waals surface area (Å²) < 4.78 is 13.3. The topological polar surface area (TPSA) is 69.6 Å². The first-order chi connectivity index (χ1) is 15.1. The summed E-state index contributed by atoms with van der Waals surface area (Å²) in [4.78, 5) is 25.2. The van der Waals surface area contributed by atoms with Crippen LogP contribution in [0.2, 0.25) is 0 Å². The normalized spacial score (nSPS) is 16.2. The van der Waals surface area contributed by atoms with Gasteiger partial charge in [0, 0.05) is 31.0 Å². The fraction of sp³-hybridized carbons (Fsp3) is 0.360. The van der Waals surface area contributed by atoms with Crippen LogP contribution in [-0.2, 0) is 16.1 Å². The molecule has 1 fully saturated rings. The molecular weight excluding hydrogens is 392 g/mol. The molecule has 4 rings (SSSR count). The summed E-state index contributed by atoms with van der Waals surface area (Å²) in [6.07, 6.45) is 3.53. The van der Waals surface area contributed by atoms with Crippen molar-refractivity contribution in [3.8, 4) is 5.75 Å². The molecule has 0 bridgehead atoms. The fourth-order valence-corrected chi connectivity index (χ4v) is 3.98. The summed E-state index contributed by atoms with van der Waals surface area (Å²) in [6, 6.07) is 16.8. The lowest BCUT2D eigenvalue weighted by Crippen LogP contribution is -2.26. The SMILES string of the molecule is Cc1cc(=O)n(CCC(=O)Nc2ccccc2OCC2CCCCO2)c2ccccc12. The van der Waals surface area contributed by atoms with E-state index in [1.807, 2.05) is 55.5 Å². The first-order valence-corrected chi connectivity index (χ1v) is 10.8. The van der Waals surface area contributed by atoms with Crippen LogP contribution < -0.4 is 15.6 Å². The number of hydrogen-bond donors (Lipinski definition) is 1. The van der Waals surface area contributed by atoms with Gasteiger partial charge in [-0.15, -0.1) is 0 Å². The van der Waals surface area contributed by atoms with Crippen LogP contribution in [0.25, 0.3) is 10.9 Å². The number of carbonyl (C=O) groups is 1. The monoisotopic (exact) mass is 420 g/mol. The van der Waals surface area contributed by atoms with E-state index in [1.165, 1.54) is 0 Å². The van der Waals surface area contributed by atoms with Crippen molar-refractivity contribution in [1.29, 1.82) is 0 Å². The molecule has 162 valence electrons. The highest BCUT2D eigenvalue weighted by Crippen LogP contribution is 2.25. The number of aryl methyl sites for hydroxylation is 2. The Labute approximate surface area is 181 Å². The third-order valence-electron chi connectivity index (χ3n) is 5.65. The van der Waals surface area contributed by atoms with Gasteiger partial charge >= 0.3 is 0 Å². The summed E-state index contributed by atoms with van der Waals surface area (Å²) in [7, 11) is 0. The number of anilines is 1. The average molecular weight is 421 g/mol. The second-order valence-electron chi connectivity index (χ2n) is 7.93. The van der Waals surface area contributed by atoms with Crippen molar-refractivity contribution in [2.24, 2.45) is 0 Å². The number of benzene rings is 2. The van der Waals surface area contributed by atoms with Gasteiger partial charge < -0.3 is 19.4 Å². The summed E-state index contributed by atoms with van der Waals surface area (Å²) in [5, 5.41) is 3.95. The van der Waals surface area contributed by atoms with Crippen LogP contribution in [0.4, 0.5) is 5.69 Å². The summed E-state index contributed by atoms with van der Waals surface area (Å²) >= 11 is 0. The zero-order valence-corrected chi connectivity index (χ0v) is 17.8. The predicted molar refractivity (Wildman–Crippen MR) is 122 cm³/mol. The first-order valence-electron chi connectivity index (χ1n) is 10.8. The van der Waals surface area contributed by atoms with Gasteiger partial charge in [-0.3, -0.25) is 9.59 Å². The van der Waals surface area contributed by atoms with Crippen LogP contribution in [0.1, 0.15) is 31.2 Å². The average Bonchev–Trinajstić information content (AvgIpc) is 2.79. The number of nitrogens with zero attached hydrogens (tertiary/aromatic N) is 1. The molecule has 2 heterocycles. The lowest BCUT2D eigenvalue weighted by atomic mass is 10.1. The molecular formula is C25H28N2O4.